The van der Waals surface area contributed by atoms with Crippen molar-refractivity contribution < 1.29 is 19.4 Å². The highest BCUT2D eigenvalue weighted by atomic mass is 16.5. The summed E-state index contributed by atoms with van der Waals surface area (Å²) < 4.78 is 5.13. The molecule has 6 nitrogen and oxygen atoms in total. The Labute approximate surface area is 146 Å². The van der Waals surface area contributed by atoms with Crippen molar-refractivity contribution in [1.29, 1.82) is 0 Å². The number of carbonyl (C=O) groups excluding carboxylic acids is 2. The molecule has 0 radical (unpaired) electrons. The van der Waals surface area contributed by atoms with Gasteiger partial charge >= 0.3 is 6.09 Å². The molecule has 0 aliphatic carbocycles. The van der Waals surface area contributed by atoms with Crippen molar-refractivity contribution >= 4 is 12.0 Å². The number of benzene rings is 2. The van der Waals surface area contributed by atoms with E-state index in [1.54, 1.807) is 12.1 Å². The molecule has 1 unspecified atom stereocenters. The van der Waals surface area contributed by atoms with Crippen molar-refractivity contribution in [3.63, 3.8) is 0 Å². The zero-order chi connectivity index (χ0) is 18.4. The van der Waals surface area contributed by atoms with Crippen LogP contribution in [0.2, 0.25) is 0 Å². The van der Waals surface area contributed by atoms with Gasteiger partial charge in [-0.3, -0.25) is 4.79 Å². The van der Waals surface area contributed by atoms with Gasteiger partial charge in [-0.15, -0.1) is 0 Å². The Bertz CT molecular complexity index is 736. The molecule has 0 aromatic heterocycles. The lowest BCUT2D eigenvalue weighted by Crippen LogP contribution is -2.46. The van der Waals surface area contributed by atoms with Crippen LogP contribution in [0.25, 0.3) is 0 Å². The van der Waals surface area contributed by atoms with Gasteiger partial charge in [0.25, 0.3) is 0 Å². The van der Waals surface area contributed by atoms with Crippen molar-refractivity contribution in [3.05, 3.63) is 64.7 Å². The van der Waals surface area contributed by atoms with Crippen LogP contribution < -0.4 is 11.1 Å². The number of carbonyl (C=O) groups is 2. The summed E-state index contributed by atoms with van der Waals surface area (Å²) in [7, 11) is 0. The fourth-order valence-corrected chi connectivity index (χ4v) is 2.63. The molecule has 132 valence electrons. The fourth-order valence-electron chi connectivity index (χ4n) is 2.63. The quantitative estimate of drug-likeness (QED) is 0.750. The highest BCUT2D eigenvalue weighted by molar-refractivity contribution is 5.84. The van der Waals surface area contributed by atoms with E-state index in [1.807, 2.05) is 44.2 Å². The van der Waals surface area contributed by atoms with E-state index in [1.165, 1.54) is 0 Å². The maximum Gasteiger partial charge on any atom is 0.408 e. The number of phenolic OH excluding ortho intramolecular Hbond substituents is 1. The molecule has 25 heavy (non-hydrogen) atoms. The number of phenols is 1. The minimum absolute atomic E-state index is 0.107. The van der Waals surface area contributed by atoms with Crippen molar-refractivity contribution in [3.8, 4) is 5.75 Å². The number of ether oxygens (including phenoxy) is 1. The first-order valence-electron chi connectivity index (χ1n) is 7.92. The number of aromatic hydroxyl groups is 1. The lowest BCUT2D eigenvalue weighted by Gasteiger charge is -2.18. The summed E-state index contributed by atoms with van der Waals surface area (Å²) in [5, 5.41) is 12.1. The van der Waals surface area contributed by atoms with Gasteiger partial charge < -0.3 is 20.9 Å². The number of primary amides is 1. The maximum atomic E-state index is 12.0. The molecule has 2 aromatic rings. The summed E-state index contributed by atoms with van der Waals surface area (Å²) in [5.74, 6) is -0.492. The summed E-state index contributed by atoms with van der Waals surface area (Å²) in [6, 6.07) is 11.5. The Morgan fingerprint density at radius 1 is 1.16 bits per heavy atom. The van der Waals surface area contributed by atoms with Crippen LogP contribution in [-0.2, 0) is 22.6 Å². The molecule has 0 saturated heterocycles. The number of aryl methyl sites for hydroxylation is 2. The Morgan fingerprint density at radius 3 is 2.32 bits per heavy atom. The highest BCUT2D eigenvalue weighted by Crippen LogP contribution is 2.22. The average molecular weight is 342 g/mol. The summed E-state index contributed by atoms with van der Waals surface area (Å²) >= 11 is 0. The molecular weight excluding hydrogens is 320 g/mol. The second kappa shape index (κ2) is 8.19. The van der Waals surface area contributed by atoms with Crippen LogP contribution in [0, 0.1) is 13.8 Å². The van der Waals surface area contributed by atoms with Crippen molar-refractivity contribution in [2.75, 3.05) is 0 Å². The molecule has 0 fully saturated rings. The Kier molecular flexibility index (Phi) is 6.00. The molecule has 6 heteroatoms. The molecule has 0 spiro atoms. The molecule has 0 aliphatic rings. The van der Waals surface area contributed by atoms with E-state index in [0.29, 0.717) is 0 Å². The first kappa shape index (κ1) is 18.3. The molecular formula is C19H22N2O4. The third-order valence-corrected chi connectivity index (χ3v) is 3.94. The van der Waals surface area contributed by atoms with Gasteiger partial charge in [-0.25, -0.2) is 4.79 Å². The number of nitrogens with one attached hydrogen (secondary N) is 1. The summed E-state index contributed by atoms with van der Waals surface area (Å²) in [6.45, 7) is 3.76. The van der Waals surface area contributed by atoms with Crippen LogP contribution in [0.1, 0.15) is 22.3 Å². The van der Waals surface area contributed by atoms with Gasteiger partial charge in [0.05, 0.1) is 0 Å². The van der Waals surface area contributed by atoms with Gasteiger partial charge in [0.2, 0.25) is 5.91 Å². The summed E-state index contributed by atoms with van der Waals surface area (Å²) in [6.07, 6.45) is -0.477. The van der Waals surface area contributed by atoms with E-state index in [-0.39, 0.29) is 18.8 Å². The van der Waals surface area contributed by atoms with Crippen LogP contribution in [0.15, 0.2) is 42.5 Å². The third kappa shape index (κ3) is 5.24. The molecule has 2 rings (SSSR count). The van der Waals surface area contributed by atoms with Crippen molar-refractivity contribution in [1.82, 2.24) is 5.32 Å². The highest BCUT2D eigenvalue weighted by Gasteiger charge is 2.21. The van der Waals surface area contributed by atoms with Gasteiger partial charge in [0, 0.05) is 6.42 Å². The topological polar surface area (TPSA) is 102 Å². The van der Waals surface area contributed by atoms with Crippen LogP contribution in [0.3, 0.4) is 0 Å². The normalized spacial score (nSPS) is 11.6. The smallest absolute Gasteiger partial charge is 0.408 e. The van der Waals surface area contributed by atoms with Crippen LogP contribution in [0.4, 0.5) is 4.79 Å². The number of hydrogen-bond acceptors (Lipinski definition) is 4. The van der Waals surface area contributed by atoms with Gasteiger partial charge in [-0.1, -0.05) is 30.3 Å². The van der Waals surface area contributed by atoms with Crippen LogP contribution >= 0.6 is 0 Å². The van der Waals surface area contributed by atoms with E-state index in [9.17, 15) is 14.7 Å². The van der Waals surface area contributed by atoms with E-state index in [0.717, 1.165) is 22.3 Å². The molecule has 2 aromatic carbocycles. The SMILES string of the molecule is Cc1cc(O)cc(C)c1CC(NC(=O)OCc1ccccc1)C(N)=O. The lowest BCUT2D eigenvalue weighted by molar-refractivity contribution is -0.119. The zero-order valence-electron chi connectivity index (χ0n) is 14.3. The van der Waals surface area contributed by atoms with E-state index in [4.69, 9.17) is 10.5 Å². The molecule has 0 bridgehead atoms. The number of nitrogens with two attached hydrogens (primary N) is 1. The Morgan fingerprint density at radius 2 is 1.76 bits per heavy atom. The maximum absolute atomic E-state index is 12.0. The van der Waals surface area contributed by atoms with E-state index >= 15 is 0 Å². The minimum atomic E-state index is -0.898. The Hall–Kier alpha value is -3.02. The predicted octanol–water partition coefficient (Wildman–Crippen LogP) is 2.33. The third-order valence-electron chi connectivity index (χ3n) is 3.94. The molecule has 1 atom stereocenters. The van der Waals surface area contributed by atoms with Gasteiger partial charge in [-0.05, 0) is 48.2 Å². The second-order valence-electron chi connectivity index (χ2n) is 5.92. The largest absolute Gasteiger partial charge is 0.508 e. The monoisotopic (exact) mass is 342 g/mol. The number of amides is 2. The zero-order valence-corrected chi connectivity index (χ0v) is 14.3. The predicted molar refractivity (Wildman–Crippen MR) is 94.0 cm³/mol. The van der Waals surface area contributed by atoms with E-state index < -0.39 is 18.0 Å². The van der Waals surface area contributed by atoms with Crippen LogP contribution in [0.5, 0.6) is 5.75 Å². The van der Waals surface area contributed by atoms with Gasteiger partial charge in [0.1, 0.15) is 18.4 Å². The average Bonchev–Trinajstić information content (AvgIpc) is 2.55. The standard InChI is InChI=1S/C19H22N2O4/c1-12-8-15(22)9-13(2)16(12)10-17(18(20)23)21-19(24)25-11-14-6-4-3-5-7-14/h3-9,17,22H,10-11H2,1-2H3,(H2,20,23)(H,21,24). The van der Waals surface area contributed by atoms with Crippen molar-refractivity contribution in [2.24, 2.45) is 5.73 Å². The number of rotatable bonds is 6. The van der Waals surface area contributed by atoms with Crippen molar-refractivity contribution in [2.45, 2.75) is 32.9 Å². The summed E-state index contributed by atoms with van der Waals surface area (Å²) in [4.78, 5) is 23.7. The number of hydrogen-bond donors (Lipinski definition) is 3. The van der Waals surface area contributed by atoms with Crippen LogP contribution in [-0.4, -0.2) is 23.1 Å². The van der Waals surface area contributed by atoms with Gasteiger partial charge in [-0.2, -0.15) is 0 Å². The summed E-state index contributed by atoms with van der Waals surface area (Å²) in [5.41, 5.74) is 8.75. The minimum Gasteiger partial charge on any atom is -0.508 e. The first-order chi connectivity index (χ1) is 11.9. The molecule has 0 saturated carbocycles. The molecule has 2 amide bonds. The van der Waals surface area contributed by atoms with Gasteiger partial charge in [0.15, 0.2) is 0 Å². The molecule has 0 aliphatic heterocycles. The second-order valence-corrected chi connectivity index (χ2v) is 5.92. The fraction of sp³-hybridized carbons (Fsp3) is 0.263. The molecule has 0 heterocycles. The first-order valence-corrected chi connectivity index (χ1v) is 7.92. The Balaban J connectivity index is 2.01. The lowest BCUT2D eigenvalue weighted by atomic mass is 9.96. The number of alkyl carbamates (subject to hydrolysis) is 1. The van der Waals surface area contributed by atoms with E-state index in [2.05, 4.69) is 5.32 Å². The molecule has 4 N–H and O–H groups in total.